The van der Waals surface area contributed by atoms with Gasteiger partial charge in [0.25, 0.3) is 0 Å². The van der Waals surface area contributed by atoms with Crippen LogP contribution in [0.2, 0.25) is 0 Å². The number of nitriles is 1. The van der Waals surface area contributed by atoms with Gasteiger partial charge in [0.05, 0.1) is 22.8 Å². The minimum atomic E-state index is -0.525. The Bertz CT molecular complexity index is 980. The Morgan fingerprint density at radius 3 is 2.69 bits per heavy atom. The van der Waals surface area contributed by atoms with Gasteiger partial charge in [-0.3, -0.25) is 0 Å². The highest BCUT2D eigenvalue weighted by atomic mass is 16.5. The standard InChI is InChI=1S/C19H18N4O3/c1-4-16-18(13(3)26-22-16)19(24)25-11-17-15(10-20)12(2)21-23(17)14-8-6-5-7-9-14/h5-9H,4,11H2,1-3H3. The highest BCUT2D eigenvalue weighted by Crippen LogP contribution is 2.21. The number of benzene rings is 1. The van der Waals surface area contributed by atoms with Gasteiger partial charge >= 0.3 is 5.97 Å². The molecule has 0 bridgehead atoms. The number of hydrogen-bond acceptors (Lipinski definition) is 6. The number of ether oxygens (including phenoxy) is 1. The smallest absolute Gasteiger partial charge is 0.344 e. The fourth-order valence-corrected chi connectivity index (χ4v) is 2.76. The lowest BCUT2D eigenvalue weighted by Crippen LogP contribution is -2.11. The van der Waals surface area contributed by atoms with Crippen LogP contribution in [0.25, 0.3) is 5.69 Å². The molecule has 3 rings (SSSR count). The summed E-state index contributed by atoms with van der Waals surface area (Å²) in [6.45, 7) is 5.23. The third-order valence-electron chi connectivity index (χ3n) is 4.08. The third-order valence-corrected chi connectivity index (χ3v) is 4.08. The fraction of sp³-hybridized carbons (Fsp3) is 0.263. The van der Waals surface area contributed by atoms with E-state index in [-0.39, 0.29) is 6.61 Å². The van der Waals surface area contributed by atoms with Crippen molar-refractivity contribution < 1.29 is 14.1 Å². The van der Waals surface area contributed by atoms with Crippen LogP contribution in [-0.4, -0.2) is 20.9 Å². The van der Waals surface area contributed by atoms with Crippen LogP contribution < -0.4 is 0 Å². The SMILES string of the molecule is CCc1noc(C)c1C(=O)OCc1c(C#N)c(C)nn1-c1ccccc1. The lowest BCUT2D eigenvalue weighted by atomic mass is 10.1. The minimum Gasteiger partial charge on any atom is -0.455 e. The third kappa shape index (κ3) is 3.09. The molecule has 0 N–H and O–H groups in total. The first kappa shape index (κ1) is 17.4. The van der Waals surface area contributed by atoms with E-state index >= 15 is 0 Å². The zero-order valence-electron chi connectivity index (χ0n) is 14.8. The summed E-state index contributed by atoms with van der Waals surface area (Å²) in [6, 6.07) is 11.5. The normalized spacial score (nSPS) is 10.5. The van der Waals surface area contributed by atoms with E-state index < -0.39 is 5.97 Å². The number of aromatic nitrogens is 3. The quantitative estimate of drug-likeness (QED) is 0.656. The number of carbonyl (C=O) groups is 1. The van der Waals surface area contributed by atoms with Crippen LogP contribution in [0.5, 0.6) is 0 Å². The van der Waals surface area contributed by atoms with Crippen molar-refractivity contribution in [3.8, 4) is 11.8 Å². The minimum absolute atomic E-state index is 0.0781. The number of nitrogens with zero attached hydrogens (tertiary/aromatic N) is 4. The Hall–Kier alpha value is -3.40. The van der Waals surface area contributed by atoms with Crippen molar-refractivity contribution in [2.24, 2.45) is 0 Å². The molecule has 0 atom stereocenters. The van der Waals surface area contributed by atoms with E-state index in [0.29, 0.717) is 40.4 Å². The summed E-state index contributed by atoms with van der Waals surface area (Å²) in [7, 11) is 0. The summed E-state index contributed by atoms with van der Waals surface area (Å²) in [4.78, 5) is 12.5. The molecule has 0 spiro atoms. The molecular formula is C19H18N4O3. The highest BCUT2D eigenvalue weighted by molar-refractivity contribution is 5.91. The summed E-state index contributed by atoms with van der Waals surface area (Å²) in [5, 5.41) is 17.7. The van der Waals surface area contributed by atoms with Crippen molar-refractivity contribution in [3.05, 3.63) is 64.3 Å². The first-order chi connectivity index (χ1) is 12.6. The Labute approximate surface area is 150 Å². The molecule has 0 aliphatic heterocycles. The first-order valence-corrected chi connectivity index (χ1v) is 8.23. The molecule has 0 unspecified atom stereocenters. The molecule has 26 heavy (non-hydrogen) atoms. The van der Waals surface area contributed by atoms with E-state index in [1.54, 1.807) is 18.5 Å². The number of carbonyl (C=O) groups excluding carboxylic acids is 1. The lowest BCUT2D eigenvalue weighted by Gasteiger charge is -2.09. The van der Waals surface area contributed by atoms with E-state index in [1.165, 1.54) is 0 Å². The fourth-order valence-electron chi connectivity index (χ4n) is 2.76. The predicted octanol–water partition coefficient (Wildman–Crippen LogP) is 3.27. The molecular weight excluding hydrogens is 332 g/mol. The van der Waals surface area contributed by atoms with Crippen LogP contribution in [-0.2, 0) is 17.8 Å². The topological polar surface area (TPSA) is 93.9 Å². The van der Waals surface area contributed by atoms with Gasteiger partial charge in [0.2, 0.25) is 0 Å². The molecule has 0 radical (unpaired) electrons. The van der Waals surface area contributed by atoms with Crippen LogP contribution in [0.15, 0.2) is 34.9 Å². The lowest BCUT2D eigenvalue weighted by molar-refractivity contribution is 0.0461. The monoisotopic (exact) mass is 350 g/mol. The average molecular weight is 350 g/mol. The van der Waals surface area contributed by atoms with Gasteiger partial charge in [-0.2, -0.15) is 10.4 Å². The molecule has 2 heterocycles. The maximum Gasteiger partial charge on any atom is 0.344 e. The molecule has 0 fully saturated rings. The molecule has 7 nitrogen and oxygen atoms in total. The number of hydrogen-bond donors (Lipinski definition) is 0. The molecule has 0 aliphatic carbocycles. The second-order valence-corrected chi connectivity index (χ2v) is 5.76. The van der Waals surface area contributed by atoms with Gasteiger partial charge in [-0.1, -0.05) is 30.3 Å². The number of rotatable bonds is 5. The molecule has 3 aromatic rings. The largest absolute Gasteiger partial charge is 0.455 e. The van der Waals surface area contributed by atoms with E-state index in [2.05, 4.69) is 16.3 Å². The van der Waals surface area contributed by atoms with E-state index in [1.807, 2.05) is 37.3 Å². The number of para-hydroxylation sites is 1. The number of aryl methyl sites for hydroxylation is 3. The second-order valence-electron chi connectivity index (χ2n) is 5.76. The molecule has 132 valence electrons. The molecule has 0 saturated carbocycles. The number of esters is 1. The van der Waals surface area contributed by atoms with Gasteiger partial charge in [0, 0.05) is 0 Å². The van der Waals surface area contributed by atoms with Crippen molar-refractivity contribution in [2.75, 3.05) is 0 Å². The second kappa shape index (κ2) is 7.23. The zero-order valence-corrected chi connectivity index (χ0v) is 14.8. The summed E-state index contributed by atoms with van der Waals surface area (Å²) in [5.74, 6) is -0.108. The van der Waals surface area contributed by atoms with Crippen LogP contribution in [0, 0.1) is 25.2 Å². The van der Waals surface area contributed by atoms with Crippen molar-refractivity contribution in [3.63, 3.8) is 0 Å². The van der Waals surface area contributed by atoms with E-state index in [0.717, 1.165) is 5.69 Å². The van der Waals surface area contributed by atoms with Crippen LogP contribution >= 0.6 is 0 Å². The van der Waals surface area contributed by atoms with Crippen LogP contribution in [0.1, 0.15) is 45.7 Å². The average Bonchev–Trinajstić information content (AvgIpc) is 3.19. The zero-order chi connectivity index (χ0) is 18.7. The Balaban J connectivity index is 1.92. The van der Waals surface area contributed by atoms with Crippen LogP contribution in [0.4, 0.5) is 0 Å². The summed E-state index contributed by atoms with van der Waals surface area (Å²) in [5.41, 5.74) is 3.20. The van der Waals surface area contributed by atoms with Gasteiger partial charge < -0.3 is 9.26 Å². The van der Waals surface area contributed by atoms with Gasteiger partial charge in [-0.05, 0) is 32.4 Å². The molecule has 0 amide bonds. The van der Waals surface area contributed by atoms with Crippen LogP contribution in [0.3, 0.4) is 0 Å². The predicted molar refractivity (Wildman–Crippen MR) is 92.8 cm³/mol. The maximum atomic E-state index is 12.5. The molecule has 7 heteroatoms. The van der Waals surface area contributed by atoms with Crippen molar-refractivity contribution in [2.45, 2.75) is 33.8 Å². The van der Waals surface area contributed by atoms with Gasteiger partial charge in [0.1, 0.15) is 29.6 Å². The van der Waals surface area contributed by atoms with E-state index in [9.17, 15) is 10.1 Å². The van der Waals surface area contributed by atoms with E-state index in [4.69, 9.17) is 9.26 Å². The summed E-state index contributed by atoms with van der Waals surface area (Å²) < 4.78 is 12.2. The van der Waals surface area contributed by atoms with Crippen molar-refractivity contribution in [1.82, 2.24) is 14.9 Å². The Morgan fingerprint density at radius 1 is 1.31 bits per heavy atom. The van der Waals surface area contributed by atoms with Gasteiger partial charge in [0.15, 0.2) is 0 Å². The summed E-state index contributed by atoms with van der Waals surface area (Å²) in [6.07, 6.45) is 0.562. The molecule has 0 saturated heterocycles. The van der Waals surface area contributed by atoms with Gasteiger partial charge in [-0.25, -0.2) is 9.48 Å². The Kier molecular flexibility index (Phi) is 4.85. The Morgan fingerprint density at radius 2 is 2.04 bits per heavy atom. The first-order valence-electron chi connectivity index (χ1n) is 8.23. The molecule has 2 aromatic heterocycles. The van der Waals surface area contributed by atoms with Gasteiger partial charge in [-0.15, -0.1) is 0 Å². The van der Waals surface area contributed by atoms with Crippen molar-refractivity contribution in [1.29, 1.82) is 5.26 Å². The maximum absolute atomic E-state index is 12.5. The highest BCUT2D eigenvalue weighted by Gasteiger charge is 2.23. The summed E-state index contributed by atoms with van der Waals surface area (Å²) >= 11 is 0. The molecule has 0 aliphatic rings. The van der Waals surface area contributed by atoms with Crippen molar-refractivity contribution >= 4 is 5.97 Å². The molecule has 1 aromatic carbocycles.